The Labute approximate surface area is 52.6 Å². The Morgan fingerprint density at radius 3 is 3.56 bits per heavy atom. The lowest BCUT2D eigenvalue weighted by molar-refractivity contribution is 0.396. The van der Waals surface area contributed by atoms with Crippen molar-refractivity contribution < 1.29 is 4.74 Å². The van der Waals surface area contributed by atoms with Crippen LogP contribution in [0, 0.1) is 0 Å². The first-order chi connectivity index (χ1) is 4.47. The molecule has 1 aliphatic rings. The monoisotopic (exact) mass is 122 g/mol. The van der Waals surface area contributed by atoms with Gasteiger partial charge in [-0.1, -0.05) is 0 Å². The van der Waals surface area contributed by atoms with Crippen molar-refractivity contribution >= 4 is 0 Å². The lowest BCUT2D eigenvalue weighted by Crippen LogP contribution is -2.02. The Morgan fingerprint density at radius 2 is 2.67 bits per heavy atom. The molecule has 0 radical (unpaired) electrons. The van der Waals surface area contributed by atoms with Gasteiger partial charge in [0.15, 0.2) is 0 Å². The molecule has 2 rings (SSSR count). The molecule has 2 heterocycles. The summed E-state index contributed by atoms with van der Waals surface area (Å²) in [5.41, 5.74) is 0. The Balaban J connectivity index is 2.46. The zero-order chi connectivity index (χ0) is 6.10. The van der Waals surface area contributed by atoms with E-state index in [0.717, 1.165) is 6.54 Å². The van der Waals surface area contributed by atoms with Crippen LogP contribution in [0.1, 0.15) is 0 Å². The van der Waals surface area contributed by atoms with Gasteiger partial charge in [-0.2, -0.15) is 0 Å². The SMILES string of the molecule is C1=COc2nccn2C1. The maximum absolute atomic E-state index is 5.03. The average molecular weight is 122 g/mol. The maximum atomic E-state index is 5.03. The minimum absolute atomic E-state index is 0.678. The van der Waals surface area contributed by atoms with Gasteiger partial charge in [-0.05, 0) is 6.08 Å². The first-order valence-electron chi connectivity index (χ1n) is 2.79. The van der Waals surface area contributed by atoms with Crippen molar-refractivity contribution in [1.29, 1.82) is 0 Å². The lowest BCUT2D eigenvalue weighted by Gasteiger charge is -2.06. The van der Waals surface area contributed by atoms with E-state index < -0.39 is 0 Å². The standard InChI is InChI=1S/C6H6N2O/c1-3-8-4-2-7-6(8)9-5-1/h1-2,4-5H,3H2. The van der Waals surface area contributed by atoms with Crippen LogP contribution >= 0.6 is 0 Å². The molecule has 0 unspecified atom stereocenters. The quantitative estimate of drug-likeness (QED) is 0.508. The summed E-state index contributed by atoms with van der Waals surface area (Å²) in [7, 11) is 0. The van der Waals surface area contributed by atoms with Crippen molar-refractivity contribution in [3.8, 4) is 6.01 Å². The summed E-state index contributed by atoms with van der Waals surface area (Å²) in [6.07, 6.45) is 7.21. The molecule has 1 aliphatic heterocycles. The fourth-order valence-corrected chi connectivity index (χ4v) is 0.818. The van der Waals surface area contributed by atoms with Gasteiger partial charge in [0.2, 0.25) is 0 Å². The van der Waals surface area contributed by atoms with E-state index in [-0.39, 0.29) is 0 Å². The minimum atomic E-state index is 0.678. The third kappa shape index (κ3) is 0.614. The molecule has 0 spiro atoms. The number of fused-ring (bicyclic) bond motifs is 1. The molecule has 0 fully saturated rings. The molecular weight excluding hydrogens is 116 g/mol. The van der Waals surface area contributed by atoms with Crippen LogP contribution in [-0.4, -0.2) is 9.55 Å². The first-order valence-corrected chi connectivity index (χ1v) is 2.79. The van der Waals surface area contributed by atoms with Gasteiger partial charge in [0.05, 0.1) is 6.26 Å². The van der Waals surface area contributed by atoms with E-state index in [2.05, 4.69) is 4.98 Å². The van der Waals surface area contributed by atoms with Crippen molar-refractivity contribution in [2.75, 3.05) is 0 Å². The maximum Gasteiger partial charge on any atom is 0.301 e. The molecule has 3 nitrogen and oxygen atoms in total. The molecule has 0 aromatic carbocycles. The second kappa shape index (κ2) is 1.62. The Bertz CT molecular complexity index is 216. The molecule has 46 valence electrons. The topological polar surface area (TPSA) is 27.1 Å². The molecule has 1 aromatic heterocycles. The summed E-state index contributed by atoms with van der Waals surface area (Å²) < 4.78 is 6.97. The number of allylic oxidation sites excluding steroid dienone is 1. The summed E-state index contributed by atoms with van der Waals surface area (Å²) in [5, 5.41) is 0. The van der Waals surface area contributed by atoms with Gasteiger partial charge in [0.25, 0.3) is 0 Å². The predicted molar refractivity (Wildman–Crippen MR) is 32.0 cm³/mol. The summed E-state index contributed by atoms with van der Waals surface area (Å²) in [6, 6.07) is 0.678. The summed E-state index contributed by atoms with van der Waals surface area (Å²) >= 11 is 0. The van der Waals surface area contributed by atoms with E-state index in [1.54, 1.807) is 12.5 Å². The summed E-state index contributed by atoms with van der Waals surface area (Å²) in [4.78, 5) is 3.95. The van der Waals surface area contributed by atoms with Crippen LogP contribution < -0.4 is 4.74 Å². The van der Waals surface area contributed by atoms with Gasteiger partial charge in [-0.3, -0.25) is 4.57 Å². The average Bonchev–Trinajstić information content (AvgIpc) is 2.33. The second-order valence-electron chi connectivity index (χ2n) is 1.85. The molecule has 0 saturated carbocycles. The summed E-state index contributed by atoms with van der Waals surface area (Å²) in [5.74, 6) is 0. The predicted octanol–water partition coefficient (Wildman–Crippen LogP) is 0.789. The minimum Gasteiger partial charge on any atom is -0.434 e. The fourth-order valence-electron chi connectivity index (χ4n) is 0.818. The van der Waals surface area contributed by atoms with E-state index in [0.29, 0.717) is 6.01 Å². The fraction of sp³-hybridized carbons (Fsp3) is 0.167. The number of nitrogens with zero attached hydrogens (tertiary/aromatic N) is 2. The number of ether oxygens (including phenoxy) is 1. The number of aromatic nitrogens is 2. The highest BCUT2D eigenvalue weighted by molar-refractivity contribution is 5.05. The molecule has 1 aromatic rings. The van der Waals surface area contributed by atoms with E-state index >= 15 is 0 Å². The highest BCUT2D eigenvalue weighted by Gasteiger charge is 2.02. The van der Waals surface area contributed by atoms with Crippen LogP contribution in [0.3, 0.4) is 0 Å². The Morgan fingerprint density at radius 1 is 1.67 bits per heavy atom. The largest absolute Gasteiger partial charge is 0.434 e. The Kier molecular flexibility index (Phi) is 0.828. The molecule has 0 N–H and O–H groups in total. The second-order valence-corrected chi connectivity index (χ2v) is 1.85. The highest BCUT2D eigenvalue weighted by atomic mass is 16.5. The van der Waals surface area contributed by atoms with Crippen molar-refractivity contribution in [3.05, 3.63) is 24.7 Å². The van der Waals surface area contributed by atoms with Crippen molar-refractivity contribution in [1.82, 2.24) is 9.55 Å². The van der Waals surface area contributed by atoms with E-state index in [4.69, 9.17) is 4.74 Å². The molecule has 0 atom stereocenters. The van der Waals surface area contributed by atoms with Gasteiger partial charge >= 0.3 is 6.01 Å². The van der Waals surface area contributed by atoms with E-state index in [9.17, 15) is 0 Å². The Hall–Kier alpha value is -1.25. The smallest absolute Gasteiger partial charge is 0.301 e. The normalized spacial score (nSPS) is 14.7. The molecule has 0 bridgehead atoms. The zero-order valence-corrected chi connectivity index (χ0v) is 4.82. The number of hydrogen-bond acceptors (Lipinski definition) is 2. The third-order valence-corrected chi connectivity index (χ3v) is 1.25. The van der Waals surface area contributed by atoms with Crippen LogP contribution in [0.4, 0.5) is 0 Å². The molecule has 9 heavy (non-hydrogen) atoms. The van der Waals surface area contributed by atoms with Crippen LogP contribution in [0.25, 0.3) is 0 Å². The lowest BCUT2D eigenvalue weighted by atomic mass is 10.6. The van der Waals surface area contributed by atoms with Crippen molar-refractivity contribution in [2.45, 2.75) is 6.54 Å². The molecule has 0 aliphatic carbocycles. The third-order valence-electron chi connectivity index (χ3n) is 1.25. The highest BCUT2D eigenvalue weighted by Crippen LogP contribution is 2.10. The van der Waals surface area contributed by atoms with Crippen LogP contribution in [-0.2, 0) is 6.54 Å². The van der Waals surface area contributed by atoms with Gasteiger partial charge in [0, 0.05) is 18.9 Å². The molecular formula is C6H6N2O. The van der Waals surface area contributed by atoms with Gasteiger partial charge in [-0.15, -0.1) is 0 Å². The summed E-state index contributed by atoms with van der Waals surface area (Å²) in [6.45, 7) is 0.870. The first kappa shape index (κ1) is 4.61. The molecule has 0 saturated heterocycles. The zero-order valence-electron chi connectivity index (χ0n) is 4.82. The van der Waals surface area contributed by atoms with Crippen LogP contribution in [0.15, 0.2) is 24.7 Å². The van der Waals surface area contributed by atoms with Gasteiger partial charge < -0.3 is 4.74 Å². The number of imidazole rings is 1. The van der Waals surface area contributed by atoms with Crippen molar-refractivity contribution in [3.63, 3.8) is 0 Å². The van der Waals surface area contributed by atoms with Crippen molar-refractivity contribution in [2.24, 2.45) is 0 Å². The number of rotatable bonds is 0. The van der Waals surface area contributed by atoms with Gasteiger partial charge in [0.1, 0.15) is 0 Å². The molecule has 3 heteroatoms. The van der Waals surface area contributed by atoms with Crippen LogP contribution in [0.2, 0.25) is 0 Å². The van der Waals surface area contributed by atoms with E-state index in [1.807, 2.05) is 16.8 Å². The number of hydrogen-bond donors (Lipinski definition) is 0. The van der Waals surface area contributed by atoms with Crippen LogP contribution in [0.5, 0.6) is 6.01 Å². The van der Waals surface area contributed by atoms with Gasteiger partial charge in [-0.25, -0.2) is 4.98 Å². The molecule has 0 amide bonds. The van der Waals surface area contributed by atoms with E-state index in [1.165, 1.54) is 0 Å².